The number of hydrogen-bond acceptors (Lipinski definition) is 5. The fraction of sp³-hybridized carbons (Fsp3) is 0.607. The van der Waals surface area contributed by atoms with Gasteiger partial charge in [0.15, 0.2) is 5.82 Å². The summed E-state index contributed by atoms with van der Waals surface area (Å²) in [5, 5.41) is 19.8. The SMILES string of the molecule is Cc1nn(C)cc1-c1nnc(NCC2CC23CCN(CC2CCCCC2)CC3)c2ccccc12. The molecule has 1 aliphatic heterocycles. The van der Waals surface area contributed by atoms with E-state index in [-0.39, 0.29) is 0 Å². The first-order chi connectivity index (χ1) is 16.6. The number of anilines is 1. The van der Waals surface area contributed by atoms with Gasteiger partial charge >= 0.3 is 0 Å². The van der Waals surface area contributed by atoms with Crippen LogP contribution in [0.3, 0.4) is 0 Å². The van der Waals surface area contributed by atoms with E-state index >= 15 is 0 Å². The van der Waals surface area contributed by atoms with Crippen LogP contribution in [0.1, 0.15) is 57.1 Å². The Hall–Kier alpha value is -2.47. The molecular weight excluding hydrogens is 420 g/mol. The molecule has 6 nitrogen and oxygen atoms in total. The van der Waals surface area contributed by atoms with Crippen molar-refractivity contribution in [3.8, 4) is 11.3 Å². The third-order valence-corrected chi connectivity index (χ3v) is 8.92. The largest absolute Gasteiger partial charge is 0.368 e. The molecule has 2 aliphatic carbocycles. The molecule has 0 radical (unpaired) electrons. The van der Waals surface area contributed by atoms with Gasteiger partial charge in [0.05, 0.1) is 5.69 Å². The van der Waals surface area contributed by atoms with E-state index in [0.717, 1.165) is 51.9 Å². The number of rotatable bonds is 6. The van der Waals surface area contributed by atoms with Crippen LogP contribution < -0.4 is 5.32 Å². The van der Waals surface area contributed by atoms with Gasteiger partial charge in [-0.1, -0.05) is 43.5 Å². The molecule has 1 atom stereocenters. The van der Waals surface area contributed by atoms with E-state index in [1.54, 1.807) is 0 Å². The lowest BCUT2D eigenvalue weighted by Crippen LogP contribution is -2.39. The van der Waals surface area contributed by atoms with Gasteiger partial charge in [-0.15, -0.1) is 10.2 Å². The van der Waals surface area contributed by atoms with Gasteiger partial charge in [0.25, 0.3) is 0 Å². The second kappa shape index (κ2) is 8.95. The molecule has 3 aromatic rings. The summed E-state index contributed by atoms with van der Waals surface area (Å²) in [5.41, 5.74) is 3.53. The normalized spacial score (nSPS) is 22.9. The molecule has 3 fully saturated rings. The molecule has 1 unspecified atom stereocenters. The van der Waals surface area contributed by atoms with Crippen LogP contribution in [-0.2, 0) is 7.05 Å². The van der Waals surface area contributed by atoms with Crippen LogP contribution >= 0.6 is 0 Å². The van der Waals surface area contributed by atoms with Gasteiger partial charge in [-0.05, 0) is 69.4 Å². The Bertz CT molecular complexity index is 1150. The smallest absolute Gasteiger partial charge is 0.156 e. The maximum Gasteiger partial charge on any atom is 0.156 e. The van der Waals surface area contributed by atoms with E-state index < -0.39 is 0 Å². The number of hydrogen-bond donors (Lipinski definition) is 1. The summed E-state index contributed by atoms with van der Waals surface area (Å²) in [5.74, 6) is 2.65. The summed E-state index contributed by atoms with van der Waals surface area (Å²) in [6.07, 6.45) is 13.4. The zero-order chi connectivity index (χ0) is 23.1. The average molecular weight is 459 g/mol. The maximum absolute atomic E-state index is 4.65. The molecule has 2 aromatic heterocycles. The molecule has 34 heavy (non-hydrogen) atoms. The predicted molar refractivity (Wildman–Crippen MR) is 138 cm³/mol. The Labute approximate surface area is 203 Å². The van der Waals surface area contributed by atoms with Crippen molar-refractivity contribution < 1.29 is 0 Å². The molecule has 1 spiro atoms. The van der Waals surface area contributed by atoms with E-state index in [2.05, 4.69) is 49.8 Å². The van der Waals surface area contributed by atoms with Crippen LogP contribution in [0.5, 0.6) is 0 Å². The molecule has 2 saturated carbocycles. The molecule has 180 valence electrons. The summed E-state index contributed by atoms with van der Waals surface area (Å²) in [6.45, 7) is 6.99. The summed E-state index contributed by atoms with van der Waals surface area (Å²) >= 11 is 0. The molecule has 3 aliphatic rings. The van der Waals surface area contributed by atoms with Gasteiger partial charge in [0.2, 0.25) is 0 Å². The number of piperidine rings is 1. The molecule has 1 N–H and O–H groups in total. The fourth-order valence-corrected chi connectivity index (χ4v) is 6.73. The van der Waals surface area contributed by atoms with Crippen molar-refractivity contribution in [2.75, 3.05) is 31.5 Å². The number of likely N-dealkylation sites (tertiary alicyclic amines) is 1. The molecule has 1 aromatic carbocycles. The predicted octanol–water partition coefficient (Wildman–Crippen LogP) is 5.43. The average Bonchev–Trinajstić information content (AvgIpc) is 3.42. The minimum atomic E-state index is 0.575. The first-order valence-corrected chi connectivity index (χ1v) is 13.3. The summed E-state index contributed by atoms with van der Waals surface area (Å²) < 4.78 is 1.85. The quantitative estimate of drug-likeness (QED) is 0.533. The zero-order valence-corrected chi connectivity index (χ0v) is 20.8. The van der Waals surface area contributed by atoms with Gasteiger partial charge in [-0.25, -0.2) is 0 Å². The van der Waals surface area contributed by atoms with Crippen LogP contribution in [0.15, 0.2) is 30.5 Å². The van der Waals surface area contributed by atoms with Crippen LogP contribution in [0.2, 0.25) is 0 Å². The monoisotopic (exact) mass is 458 g/mol. The van der Waals surface area contributed by atoms with Crippen LogP contribution in [-0.4, -0.2) is 51.1 Å². The molecule has 3 heterocycles. The highest BCUT2D eigenvalue weighted by Crippen LogP contribution is 2.59. The number of benzene rings is 1. The second-order valence-corrected chi connectivity index (χ2v) is 11.2. The topological polar surface area (TPSA) is 58.9 Å². The molecule has 6 heteroatoms. The van der Waals surface area contributed by atoms with Gasteiger partial charge < -0.3 is 10.2 Å². The minimum absolute atomic E-state index is 0.575. The van der Waals surface area contributed by atoms with E-state index in [1.807, 2.05) is 24.9 Å². The molecule has 1 saturated heterocycles. The molecule has 6 rings (SSSR count). The number of nitrogens with one attached hydrogen (secondary N) is 1. The third-order valence-electron chi connectivity index (χ3n) is 8.92. The van der Waals surface area contributed by atoms with E-state index in [4.69, 9.17) is 0 Å². The number of fused-ring (bicyclic) bond motifs is 1. The van der Waals surface area contributed by atoms with Crippen molar-refractivity contribution in [1.29, 1.82) is 0 Å². The van der Waals surface area contributed by atoms with E-state index in [0.29, 0.717) is 5.41 Å². The summed E-state index contributed by atoms with van der Waals surface area (Å²) in [4.78, 5) is 2.77. The van der Waals surface area contributed by atoms with Crippen molar-refractivity contribution in [1.82, 2.24) is 24.9 Å². The molecule has 0 bridgehead atoms. The van der Waals surface area contributed by atoms with Crippen molar-refractivity contribution in [2.24, 2.45) is 24.3 Å². The van der Waals surface area contributed by atoms with Gasteiger partial charge in [0.1, 0.15) is 5.69 Å². The van der Waals surface area contributed by atoms with Crippen molar-refractivity contribution in [2.45, 2.75) is 58.3 Å². The lowest BCUT2D eigenvalue weighted by atomic mass is 9.86. The molecular formula is C28H38N6. The Morgan fingerprint density at radius 3 is 2.53 bits per heavy atom. The minimum Gasteiger partial charge on any atom is -0.368 e. The zero-order valence-electron chi connectivity index (χ0n) is 20.8. The highest BCUT2D eigenvalue weighted by molar-refractivity contribution is 6.00. The second-order valence-electron chi connectivity index (χ2n) is 11.2. The first-order valence-electron chi connectivity index (χ1n) is 13.3. The lowest BCUT2D eigenvalue weighted by Gasteiger charge is -2.36. The third kappa shape index (κ3) is 4.21. The Morgan fingerprint density at radius 1 is 1.03 bits per heavy atom. The van der Waals surface area contributed by atoms with E-state index in [1.165, 1.54) is 71.0 Å². The fourth-order valence-electron chi connectivity index (χ4n) is 6.73. The van der Waals surface area contributed by atoms with Gasteiger partial charge in [-0.2, -0.15) is 5.10 Å². The maximum atomic E-state index is 4.65. The Kier molecular flexibility index (Phi) is 5.80. The van der Waals surface area contributed by atoms with Crippen molar-refractivity contribution in [3.05, 3.63) is 36.2 Å². The number of aromatic nitrogens is 4. The summed E-state index contributed by atoms with van der Waals surface area (Å²) in [7, 11) is 1.95. The lowest BCUT2D eigenvalue weighted by molar-refractivity contribution is 0.131. The molecule has 0 amide bonds. The van der Waals surface area contributed by atoms with E-state index in [9.17, 15) is 0 Å². The van der Waals surface area contributed by atoms with Gasteiger partial charge in [-0.3, -0.25) is 4.68 Å². The standard InChI is InChI=1S/C28H38N6/c1-20-25(19-33(2)32-20)26-23-10-6-7-11-24(23)27(31-30-26)29-17-22-16-28(22)12-14-34(15-13-28)18-21-8-4-3-5-9-21/h6-7,10-11,19,21-22H,3-5,8-9,12-18H2,1-2H3,(H,29,31). The highest BCUT2D eigenvalue weighted by Gasteiger charge is 2.54. The van der Waals surface area contributed by atoms with Crippen molar-refractivity contribution >= 4 is 16.6 Å². The Balaban J connectivity index is 1.10. The summed E-state index contributed by atoms with van der Waals surface area (Å²) in [6, 6.07) is 8.49. The Morgan fingerprint density at radius 2 is 1.79 bits per heavy atom. The number of nitrogens with zero attached hydrogens (tertiary/aromatic N) is 5. The van der Waals surface area contributed by atoms with Crippen molar-refractivity contribution in [3.63, 3.8) is 0 Å². The number of aryl methyl sites for hydroxylation is 2. The van der Waals surface area contributed by atoms with Crippen LogP contribution in [0.4, 0.5) is 5.82 Å². The van der Waals surface area contributed by atoms with Gasteiger partial charge in [0, 0.05) is 42.7 Å². The van der Waals surface area contributed by atoms with Crippen LogP contribution in [0, 0.1) is 24.2 Å². The first kappa shape index (κ1) is 22.0. The highest BCUT2D eigenvalue weighted by atomic mass is 15.3. The van der Waals surface area contributed by atoms with Crippen LogP contribution in [0.25, 0.3) is 22.0 Å².